The molecule has 0 aliphatic carbocycles. The van der Waals surface area contributed by atoms with Crippen molar-refractivity contribution in [1.29, 1.82) is 0 Å². The molecule has 0 saturated carbocycles. The molecule has 0 aliphatic heterocycles. The second-order valence-corrected chi connectivity index (χ2v) is 3.60. The largest absolute Gasteiger partial charge is 0.481 e. The number of ether oxygens (including phenoxy) is 1. The third kappa shape index (κ3) is 6.11. The lowest BCUT2D eigenvalue weighted by Crippen LogP contribution is -2.17. The van der Waals surface area contributed by atoms with Gasteiger partial charge in [-0.2, -0.15) is 13.2 Å². The minimum atomic E-state index is -4.07. The fourth-order valence-corrected chi connectivity index (χ4v) is 1.32. The van der Waals surface area contributed by atoms with Crippen molar-refractivity contribution in [3.05, 3.63) is 23.9 Å². The molecule has 1 heterocycles. The number of aromatic nitrogens is 1. The number of nitrogens with zero attached hydrogens (tertiary/aromatic N) is 1. The molecule has 0 amide bonds. The SMILES string of the molecule is COc1cc(CNCCCC(F)(F)F)ccn1. The third-order valence-electron chi connectivity index (χ3n) is 2.15. The van der Waals surface area contributed by atoms with Gasteiger partial charge in [-0.1, -0.05) is 0 Å². The molecule has 6 heteroatoms. The molecule has 0 radical (unpaired) electrons. The molecular weight excluding hydrogens is 233 g/mol. The quantitative estimate of drug-likeness (QED) is 0.785. The Morgan fingerprint density at radius 2 is 2.18 bits per heavy atom. The van der Waals surface area contributed by atoms with E-state index in [1.54, 1.807) is 18.3 Å². The highest BCUT2D eigenvalue weighted by Gasteiger charge is 2.25. The van der Waals surface area contributed by atoms with Gasteiger partial charge in [-0.3, -0.25) is 0 Å². The Labute approximate surface area is 98.0 Å². The Morgan fingerprint density at radius 3 is 2.82 bits per heavy atom. The molecule has 0 fully saturated rings. The van der Waals surface area contributed by atoms with Crippen LogP contribution in [0.25, 0.3) is 0 Å². The minimum Gasteiger partial charge on any atom is -0.481 e. The van der Waals surface area contributed by atoms with E-state index in [4.69, 9.17) is 4.74 Å². The van der Waals surface area contributed by atoms with Crippen molar-refractivity contribution in [3.63, 3.8) is 0 Å². The Balaban J connectivity index is 2.22. The fourth-order valence-electron chi connectivity index (χ4n) is 1.32. The van der Waals surface area contributed by atoms with Gasteiger partial charge in [0.1, 0.15) is 0 Å². The lowest BCUT2D eigenvalue weighted by molar-refractivity contribution is -0.135. The van der Waals surface area contributed by atoms with Gasteiger partial charge < -0.3 is 10.1 Å². The molecule has 0 unspecified atom stereocenters. The van der Waals surface area contributed by atoms with E-state index in [1.165, 1.54) is 7.11 Å². The molecule has 96 valence electrons. The van der Waals surface area contributed by atoms with Gasteiger partial charge in [0.2, 0.25) is 5.88 Å². The number of halogens is 3. The van der Waals surface area contributed by atoms with Crippen LogP contribution in [0.4, 0.5) is 13.2 Å². The zero-order chi connectivity index (χ0) is 12.7. The maximum Gasteiger partial charge on any atom is 0.389 e. The first-order valence-electron chi connectivity index (χ1n) is 5.27. The minimum absolute atomic E-state index is 0.0890. The summed E-state index contributed by atoms with van der Waals surface area (Å²) in [5.41, 5.74) is 0.934. The van der Waals surface area contributed by atoms with E-state index in [2.05, 4.69) is 10.3 Å². The van der Waals surface area contributed by atoms with Crippen molar-refractivity contribution in [2.45, 2.75) is 25.6 Å². The lowest BCUT2D eigenvalue weighted by Gasteiger charge is -2.07. The van der Waals surface area contributed by atoms with E-state index < -0.39 is 12.6 Å². The van der Waals surface area contributed by atoms with E-state index in [-0.39, 0.29) is 6.42 Å². The van der Waals surface area contributed by atoms with E-state index in [0.717, 1.165) is 5.56 Å². The molecule has 0 atom stereocenters. The van der Waals surface area contributed by atoms with Crippen molar-refractivity contribution in [2.24, 2.45) is 0 Å². The highest BCUT2D eigenvalue weighted by Crippen LogP contribution is 2.20. The van der Waals surface area contributed by atoms with Crippen LogP contribution in [0.5, 0.6) is 5.88 Å². The Morgan fingerprint density at radius 1 is 1.41 bits per heavy atom. The maximum atomic E-state index is 11.9. The highest BCUT2D eigenvalue weighted by molar-refractivity contribution is 5.20. The lowest BCUT2D eigenvalue weighted by atomic mass is 10.2. The summed E-state index contributed by atoms with van der Waals surface area (Å²) in [5.74, 6) is 0.500. The van der Waals surface area contributed by atoms with Gasteiger partial charge in [0, 0.05) is 25.2 Å². The van der Waals surface area contributed by atoms with Gasteiger partial charge >= 0.3 is 6.18 Å². The number of hydrogen-bond donors (Lipinski definition) is 1. The summed E-state index contributed by atoms with van der Waals surface area (Å²) in [5, 5.41) is 2.94. The Hall–Kier alpha value is -1.30. The van der Waals surface area contributed by atoms with Crippen molar-refractivity contribution in [1.82, 2.24) is 10.3 Å². The second kappa shape index (κ2) is 6.44. The molecule has 1 rings (SSSR count). The normalized spacial score (nSPS) is 11.5. The van der Waals surface area contributed by atoms with Crippen molar-refractivity contribution in [3.8, 4) is 5.88 Å². The third-order valence-corrected chi connectivity index (χ3v) is 2.15. The van der Waals surface area contributed by atoms with E-state index in [9.17, 15) is 13.2 Å². The average molecular weight is 248 g/mol. The van der Waals surface area contributed by atoms with Crippen LogP contribution < -0.4 is 10.1 Å². The van der Waals surface area contributed by atoms with Crippen LogP contribution in [0.2, 0.25) is 0 Å². The van der Waals surface area contributed by atoms with Crippen LogP contribution >= 0.6 is 0 Å². The molecular formula is C11H15F3N2O. The van der Waals surface area contributed by atoms with Crippen LogP contribution in [0.1, 0.15) is 18.4 Å². The zero-order valence-corrected chi connectivity index (χ0v) is 9.55. The number of rotatable bonds is 6. The van der Waals surface area contributed by atoms with Gasteiger partial charge in [-0.05, 0) is 24.6 Å². The van der Waals surface area contributed by atoms with Crippen LogP contribution in [-0.4, -0.2) is 24.8 Å². The topological polar surface area (TPSA) is 34.1 Å². The number of alkyl halides is 3. The Kier molecular flexibility index (Phi) is 5.21. The number of nitrogens with one attached hydrogen (secondary N) is 1. The molecule has 0 bridgehead atoms. The number of pyridine rings is 1. The molecule has 1 N–H and O–H groups in total. The molecule has 1 aromatic rings. The summed E-state index contributed by atoms with van der Waals surface area (Å²) in [6, 6.07) is 3.54. The maximum absolute atomic E-state index is 11.9. The van der Waals surface area contributed by atoms with Gasteiger partial charge in [0.05, 0.1) is 7.11 Å². The summed E-state index contributed by atoms with van der Waals surface area (Å²) in [6.45, 7) is 0.848. The fraction of sp³-hybridized carbons (Fsp3) is 0.545. The first kappa shape index (κ1) is 13.8. The molecule has 0 spiro atoms. The second-order valence-electron chi connectivity index (χ2n) is 3.60. The van der Waals surface area contributed by atoms with Crippen LogP contribution in [0.3, 0.4) is 0 Å². The van der Waals surface area contributed by atoms with Gasteiger partial charge in [-0.15, -0.1) is 0 Å². The van der Waals surface area contributed by atoms with Gasteiger partial charge in [0.15, 0.2) is 0 Å². The molecule has 0 aromatic carbocycles. The summed E-state index contributed by atoms with van der Waals surface area (Å²) in [4.78, 5) is 3.94. The monoisotopic (exact) mass is 248 g/mol. The van der Waals surface area contributed by atoms with Crippen LogP contribution in [-0.2, 0) is 6.54 Å². The van der Waals surface area contributed by atoms with Crippen molar-refractivity contribution >= 4 is 0 Å². The van der Waals surface area contributed by atoms with Gasteiger partial charge in [-0.25, -0.2) is 4.98 Å². The first-order valence-corrected chi connectivity index (χ1v) is 5.27. The standard InChI is InChI=1S/C11H15F3N2O/c1-17-10-7-9(3-6-16-10)8-15-5-2-4-11(12,13)14/h3,6-7,15H,2,4-5,8H2,1H3. The predicted octanol–water partition coefficient (Wildman–Crippen LogP) is 2.52. The zero-order valence-electron chi connectivity index (χ0n) is 9.55. The summed E-state index contributed by atoms with van der Waals surface area (Å²) in [7, 11) is 1.52. The number of methoxy groups -OCH3 is 1. The van der Waals surface area contributed by atoms with E-state index >= 15 is 0 Å². The molecule has 17 heavy (non-hydrogen) atoms. The molecule has 0 saturated heterocycles. The summed E-state index contributed by atoms with van der Waals surface area (Å²) < 4.78 is 40.5. The first-order chi connectivity index (χ1) is 8.01. The summed E-state index contributed by atoms with van der Waals surface area (Å²) in [6.07, 6.45) is -3.13. The number of hydrogen-bond acceptors (Lipinski definition) is 3. The summed E-state index contributed by atoms with van der Waals surface area (Å²) >= 11 is 0. The van der Waals surface area contributed by atoms with Crippen LogP contribution in [0.15, 0.2) is 18.3 Å². The molecule has 3 nitrogen and oxygen atoms in total. The smallest absolute Gasteiger partial charge is 0.389 e. The van der Waals surface area contributed by atoms with Crippen LogP contribution in [0, 0.1) is 0 Å². The Bertz CT molecular complexity index is 342. The average Bonchev–Trinajstić information content (AvgIpc) is 2.27. The van der Waals surface area contributed by atoms with E-state index in [1.807, 2.05) is 0 Å². The van der Waals surface area contributed by atoms with Gasteiger partial charge in [0.25, 0.3) is 0 Å². The molecule has 1 aromatic heterocycles. The van der Waals surface area contributed by atoms with Crippen molar-refractivity contribution < 1.29 is 17.9 Å². The molecule has 0 aliphatic rings. The van der Waals surface area contributed by atoms with Crippen molar-refractivity contribution in [2.75, 3.05) is 13.7 Å². The van der Waals surface area contributed by atoms with E-state index in [0.29, 0.717) is 19.0 Å². The predicted molar refractivity (Wildman–Crippen MR) is 57.8 cm³/mol. The highest BCUT2D eigenvalue weighted by atomic mass is 19.4.